The molecule has 2 aliphatic rings. The van der Waals surface area contributed by atoms with E-state index in [0.29, 0.717) is 5.92 Å². The van der Waals surface area contributed by atoms with E-state index < -0.39 is 0 Å². The molecule has 0 aliphatic carbocycles. The number of imidazole rings is 1. The minimum atomic E-state index is 0.677. The van der Waals surface area contributed by atoms with Crippen molar-refractivity contribution in [1.29, 1.82) is 0 Å². The van der Waals surface area contributed by atoms with Gasteiger partial charge in [-0.1, -0.05) is 0 Å². The fourth-order valence-corrected chi connectivity index (χ4v) is 3.18. The number of nitrogens with one attached hydrogen (secondary N) is 1. The van der Waals surface area contributed by atoms with Gasteiger partial charge >= 0.3 is 0 Å². The van der Waals surface area contributed by atoms with Crippen LogP contribution in [0.15, 0.2) is 12.5 Å². The second-order valence-corrected chi connectivity index (χ2v) is 5.58. The van der Waals surface area contributed by atoms with Gasteiger partial charge in [0.1, 0.15) is 0 Å². The van der Waals surface area contributed by atoms with E-state index in [0.717, 1.165) is 25.6 Å². The molecule has 0 bridgehead atoms. The summed E-state index contributed by atoms with van der Waals surface area (Å²) in [5.41, 5.74) is 1.43. The number of likely N-dealkylation sites (tertiary alicyclic amines) is 1. The highest BCUT2D eigenvalue weighted by atomic mass is 15.1. The monoisotopic (exact) mass is 234 g/mol. The summed E-state index contributed by atoms with van der Waals surface area (Å²) in [6, 6.07) is 0. The fraction of sp³-hybridized carbons (Fsp3) is 0.769. The van der Waals surface area contributed by atoms with Gasteiger partial charge in [-0.2, -0.15) is 0 Å². The Hall–Kier alpha value is -0.870. The van der Waals surface area contributed by atoms with Crippen molar-refractivity contribution in [2.24, 2.45) is 5.92 Å². The first-order chi connectivity index (χ1) is 8.33. The molecule has 94 valence electrons. The first-order valence-electron chi connectivity index (χ1n) is 6.72. The third kappa shape index (κ3) is 2.38. The maximum Gasteiger partial charge on any atom is 0.0948 e. The van der Waals surface area contributed by atoms with E-state index in [2.05, 4.69) is 33.0 Å². The largest absolute Gasteiger partial charge is 0.334 e. The Bertz CT molecular complexity index is 367. The number of nitrogens with zero attached hydrogens (tertiary/aromatic N) is 3. The maximum absolute atomic E-state index is 4.35. The molecule has 4 heteroatoms. The van der Waals surface area contributed by atoms with Crippen molar-refractivity contribution in [3.8, 4) is 0 Å². The Morgan fingerprint density at radius 3 is 3.12 bits per heavy atom. The van der Waals surface area contributed by atoms with Crippen molar-refractivity contribution in [3.63, 3.8) is 0 Å². The van der Waals surface area contributed by atoms with E-state index in [1.54, 1.807) is 0 Å². The van der Waals surface area contributed by atoms with Gasteiger partial charge in [0.25, 0.3) is 0 Å². The normalized spacial score (nSPS) is 30.2. The van der Waals surface area contributed by atoms with Gasteiger partial charge < -0.3 is 14.8 Å². The smallest absolute Gasteiger partial charge is 0.0948 e. The lowest BCUT2D eigenvalue weighted by molar-refractivity contribution is 0.374. The van der Waals surface area contributed by atoms with Crippen molar-refractivity contribution in [1.82, 2.24) is 19.8 Å². The van der Waals surface area contributed by atoms with Gasteiger partial charge in [-0.25, -0.2) is 4.98 Å². The van der Waals surface area contributed by atoms with E-state index in [4.69, 9.17) is 0 Å². The summed E-state index contributed by atoms with van der Waals surface area (Å²) in [4.78, 5) is 6.78. The lowest BCUT2D eigenvalue weighted by atomic mass is 10.0. The van der Waals surface area contributed by atoms with Crippen LogP contribution >= 0.6 is 0 Å². The molecule has 2 aliphatic heterocycles. The standard InChI is InChI=1S/C13H22N4/c1-16-5-3-11(8-16)9-17-10-15-7-13(17)12-2-4-14-6-12/h7,10-12,14H,2-6,8-9H2,1H3. The van der Waals surface area contributed by atoms with Crippen LogP contribution in [0.5, 0.6) is 0 Å². The molecule has 1 aromatic heterocycles. The van der Waals surface area contributed by atoms with Crippen LogP contribution in [0.25, 0.3) is 0 Å². The van der Waals surface area contributed by atoms with Gasteiger partial charge in [-0.15, -0.1) is 0 Å². The maximum atomic E-state index is 4.35. The Morgan fingerprint density at radius 2 is 2.41 bits per heavy atom. The molecule has 1 N–H and O–H groups in total. The van der Waals surface area contributed by atoms with E-state index >= 15 is 0 Å². The van der Waals surface area contributed by atoms with Crippen LogP contribution in [0.1, 0.15) is 24.5 Å². The van der Waals surface area contributed by atoms with Crippen LogP contribution < -0.4 is 5.32 Å². The van der Waals surface area contributed by atoms with Crippen LogP contribution in [0, 0.1) is 5.92 Å². The first kappa shape index (κ1) is 11.2. The van der Waals surface area contributed by atoms with E-state index in [1.807, 2.05) is 6.33 Å². The summed E-state index contributed by atoms with van der Waals surface area (Å²) in [7, 11) is 2.22. The van der Waals surface area contributed by atoms with E-state index in [-0.39, 0.29) is 0 Å². The lowest BCUT2D eigenvalue weighted by Crippen LogP contribution is -2.19. The number of rotatable bonds is 3. The summed E-state index contributed by atoms with van der Waals surface area (Å²) < 4.78 is 2.39. The van der Waals surface area contributed by atoms with Crippen molar-refractivity contribution in [3.05, 3.63) is 18.2 Å². The van der Waals surface area contributed by atoms with Crippen LogP contribution in [0.4, 0.5) is 0 Å². The Kier molecular flexibility index (Phi) is 3.16. The summed E-state index contributed by atoms with van der Waals surface area (Å²) in [6.45, 7) is 5.91. The minimum absolute atomic E-state index is 0.677. The lowest BCUT2D eigenvalue weighted by Gasteiger charge is -2.16. The van der Waals surface area contributed by atoms with Crippen molar-refractivity contribution in [2.75, 3.05) is 33.2 Å². The van der Waals surface area contributed by atoms with Gasteiger partial charge in [0.2, 0.25) is 0 Å². The number of hydrogen-bond donors (Lipinski definition) is 1. The predicted molar refractivity (Wildman–Crippen MR) is 68.1 cm³/mol. The summed E-state index contributed by atoms with van der Waals surface area (Å²) in [6.07, 6.45) is 6.68. The molecule has 2 saturated heterocycles. The van der Waals surface area contributed by atoms with Crippen LogP contribution in [-0.4, -0.2) is 47.7 Å². The second-order valence-electron chi connectivity index (χ2n) is 5.58. The predicted octanol–water partition coefficient (Wildman–Crippen LogP) is 0.912. The molecule has 2 atom stereocenters. The molecule has 0 spiro atoms. The molecule has 0 aromatic carbocycles. The number of aromatic nitrogens is 2. The van der Waals surface area contributed by atoms with E-state index in [9.17, 15) is 0 Å². The van der Waals surface area contributed by atoms with Gasteiger partial charge in [0.05, 0.1) is 6.33 Å². The van der Waals surface area contributed by atoms with Gasteiger partial charge in [0.15, 0.2) is 0 Å². The highest BCUT2D eigenvalue weighted by Crippen LogP contribution is 2.24. The fourth-order valence-electron chi connectivity index (χ4n) is 3.18. The van der Waals surface area contributed by atoms with Crippen LogP contribution in [0.3, 0.4) is 0 Å². The molecular weight excluding hydrogens is 212 g/mol. The van der Waals surface area contributed by atoms with Crippen molar-refractivity contribution >= 4 is 0 Å². The summed E-state index contributed by atoms with van der Waals surface area (Å²) in [5.74, 6) is 1.49. The Balaban J connectivity index is 1.68. The van der Waals surface area contributed by atoms with Gasteiger partial charge in [-0.3, -0.25) is 0 Å². The molecule has 0 saturated carbocycles. The zero-order valence-electron chi connectivity index (χ0n) is 10.6. The first-order valence-corrected chi connectivity index (χ1v) is 6.72. The molecule has 0 amide bonds. The molecule has 3 heterocycles. The van der Waals surface area contributed by atoms with Crippen molar-refractivity contribution < 1.29 is 0 Å². The molecule has 3 rings (SSSR count). The average molecular weight is 234 g/mol. The highest BCUT2D eigenvalue weighted by Gasteiger charge is 2.24. The minimum Gasteiger partial charge on any atom is -0.334 e. The SMILES string of the molecule is CN1CCC(Cn2cncc2C2CCNC2)C1. The molecule has 0 radical (unpaired) electrons. The summed E-state index contributed by atoms with van der Waals surface area (Å²) >= 11 is 0. The third-order valence-corrected chi connectivity index (χ3v) is 4.17. The zero-order valence-corrected chi connectivity index (χ0v) is 10.6. The van der Waals surface area contributed by atoms with Gasteiger partial charge in [-0.05, 0) is 38.9 Å². The second kappa shape index (κ2) is 4.78. The molecule has 17 heavy (non-hydrogen) atoms. The molecule has 4 nitrogen and oxygen atoms in total. The van der Waals surface area contributed by atoms with Crippen molar-refractivity contribution in [2.45, 2.75) is 25.3 Å². The quantitative estimate of drug-likeness (QED) is 0.844. The highest BCUT2D eigenvalue weighted by molar-refractivity contribution is 5.09. The molecule has 1 aromatic rings. The van der Waals surface area contributed by atoms with Gasteiger partial charge in [0, 0.05) is 37.4 Å². The van der Waals surface area contributed by atoms with Crippen LogP contribution in [-0.2, 0) is 6.54 Å². The van der Waals surface area contributed by atoms with E-state index in [1.165, 1.54) is 31.6 Å². The molecular formula is C13H22N4. The Morgan fingerprint density at radius 1 is 1.47 bits per heavy atom. The molecule has 2 unspecified atom stereocenters. The topological polar surface area (TPSA) is 33.1 Å². The summed E-state index contributed by atoms with van der Waals surface area (Å²) in [5, 5.41) is 3.44. The Labute approximate surface area is 103 Å². The zero-order chi connectivity index (χ0) is 11.7. The van der Waals surface area contributed by atoms with Crippen LogP contribution in [0.2, 0.25) is 0 Å². The molecule has 2 fully saturated rings. The number of hydrogen-bond acceptors (Lipinski definition) is 3. The third-order valence-electron chi connectivity index (χ3n) is 4.17. The average Bonchev–Trinajstić information content (AvgIpc) is 3.00.